The minimum Gasteiger partial charge on any atom is -0.489 e. The number of fused-ring (bicyclic) bond motifs is 3. The van der Waals surface area contributed by atoms with Crippen molar-refractivity contribution in [3.63, 3.8) is 0 Å². The highest BCUT2D eigenvalue weighted by atomic mass is 19.1. The topological polar surface area (TPSA) is 215 Å². The van der Waals surface area contributed by atoms with Crippen LogP contribution in [0.5, 0.6) is 23.0 Å². The number of carbonyl (C=O) groups is 1. The largest absolute Gasteiger partial charge is 0.489 e. The number of hydrogen-bond acceptors (Lipinski definition) is 14. The lowest BCUT2D eigenvalue weighted by Crippen LogP contribution is -2.70. The number of oxime groups is 1. The average Bonchev–Trinajstić information content (AvgIpc) is 4.00. The lowest BCUT2D eigenvalue weighted by molar-refractivity contribution is -0.385. The first-order valence-corrected chi connectivity index (χ1v) is 25.4. The molecule has 1 saturated carbocycles. The molecule has 0 spiro atoms. The van der Waals surface area contributed by atoms with E-state index in [2.05, 4.69) is 12.7 Å². The predicted octanol–water partition coefficient (Wildman–Crippen LogP) is 10.5. The van der Waals surface area contributed by atoms with Gasteiger partial charge in [0.1, 0.15) is 36.6 Å². The molecule has 2 aliphatic heterocycles. The number of nitro benzene ring substituents is 2. The molecule has 17 nitrogen and oxygen atoms in total. The smallest absolute Gasteiger partial charge is 0.269 e. The number of halogens is 1. The van der Waals surface area contributed by atoms with Crippen LogP contribution in [-0.4, -0.2) is 75.0 Å². The Morgan fingerprint density at radius 3 is 2.26 bits per heavy atom. The van der Waals surface area contributed by atoms with Crippen LogP contribution in [0.3, 0.4) is 0 Å². The van der Waals surface area contributed by atoms with E-state index >= 15 is 4.79 Å². The molecule has 0 radical (unpaired) electrons. The highest BCUT2D eigenvalue weighted by Crippen LogP contribution is 2.62. The van der Waals surface area contributed by atoms with E-state index in [1.807, 2.05) is 24.3 Å². The number of amides is 1. The van der Waals surface area contributed by atoms with E-state index in [0.717, 1.165) is 11.1 Å². The van der Waals surface area contributed by atoms with Crippen LogP contribution in [0.1, 0.15) is 78.7 Å². The van der Waals surface area contributed by atoms with Gasteiger partial charge in [-0.05, 0) is 127 Å². The van der Waals surface area contributed by atoms with Gasteiger partial charge in [-0.2, -0.15) is 0 Å². The first-order valence-electron chi connectivity index (χ1n) is 25.4. The summed E-state index contributed by atoms with van der Waals surface area (Å²) in [5.41, 5.74) is 4.11. The maximum absolute atomic E-state index is 15.4. The quantitative estimate of drug-likeness (QED) is 0.0194. The second kappa shape index (κ2) is 24.2. The summed E-state index contributed by atoms with van der Waals surface area (Å²) in [4.78, 5) is 45.4. The normalized spacial score (nSPS) is 21.5. The van der Waals surface area contributed by atoms with Crippen LogP contribution in [0.2, 0.25) is 0 Å². The summed E-state index contributed by atoms with van der Waals surface area (Å²) in [6, 6.07) is 28.2. The SMILES string of the molecule is C=CCO[C@@]12Oc3ccc(OCc4ccccc4F)cc3[C@H]3[C@H](CCCCO)[C@@H](CCCCO)C=C(C(=NOCc4ccc([N+](=O)[O-])cc4)C[C@@H]1N(Cc1ccc4c(c1)OCO4)C(=O)C=Cc1ccc([N+](=O)[O-])cc1)[C@H]32. The fourth-order valence-corrected chi connectivity index (χ4v) is 11.0. The molecule has 5 aromatic carbocycles. The molecule has 396 valence electrons. The van der Waals surface area contributed by atoms with Crippen molar-refractivity contribution < 1.29 is 57.8 Å². The summed E-state index contributed by atoms with van der Waals surface area (Å²) in [5, 5.41) is 48.1. The van der Waals surface area contributed by atoms with Crippen molar-refractivity contribution in [1.29, 1.82) is 0 Å². The van der Waals surface area contributed by atoms with Crippen molar-refractivity contribution in [3.05, 3.63) is 193 Å². The first-order chi connectivity index (χ1) is 37.0. The molecule has 0 unspecified atom stereocenters. The lowest BCUT2D eigenvalue weighted by atomic mass is 9.55. The van der Waals surface area contributed by atoms with Crippen LogP contribution in [0, 0.1) is 43.8 Å². The van der Waals surface area contributed by atoms with Gasteiger partial charge >= 0.3 is 0 Å². The Morgan fingerprint density at radius 1 is 0.842 bits per heavy atom. The number of nitrogens with zero attached hydrogens (tertiary/aromatic N) is 4. The maximum atomic E-state index is 15.4. The van der Waals surface area contributed by atoms with Crippen LogP contribution >= 0.6 is 0 Å². The summed E-state index contributed by atoms with van der Waals surface area (Å²) >= 11 is 0. The van der Waals surface area contributed by atoms with Crippen molar-refractivity contribution >= 4 is 29.1 Å². The third-order valence-electron chi connectivity index (χ3n) is 14.5. The van der Waals surface area contributed by atoms with E-state index in [0.29, 0.717) is 89.5 Å². The lowest BCUT2D eigenvalue weighted by Gasteiger charge is -2.60. The van der Waals surface area contributed by atoms with Crippen molar-refractivity contribution in [2.75, 3.05) is 26.6 Å². The minimum atomic E-state index is -1.66. The van der Waals surface area contributed by atoms with Gasteiger partial charge in [0.15, 0.2) is 11.5 Å². The maximum Gasteiger partial charge on any atom is 0.269 e. The van der Waals surface area contributed by atoms with Gasteiger partial charge in [-0.1, -0.05) is 54.4 Å². The molecule has 0 saturated heterocycles. The third kappa shape index (κ3) is 11.6. The fraction of sp³-hybridized carbons (Fsp3) is 0.345. The van der Waals surface area contributed by atoms with Crippen molar-refractivity contribution in [2.45, 2.75) is 82.5 Å². The second-order valence-corrected chi connectivity index (χ2v) is 19.2. The van der Waals surface area contributed by atoms with Gasteiger partial charge in [0.05, 0.1) is 28.1 Å². The van der Waals surface area contributed by atoms with Gasteiger partial charge in [0, 0.05) is 73.6 Å². The monoisotopic (exact) mass is 1040 g/mol. The number of non-ortho nitro benzene ring substituents is 2. The van der Waals surface area contributed by atoms with E-state index < -0.39 is 45.2 Å². The van der Waals surface area contributed by atoms with Gasteiger partial charge in [-0.15, -0.1) is 6.58 Å². The summed E-state index contributed by atoms with van der Waals surface area (Å²) in [5.74, 6) is -1.89. The Kier molecular flexibility index (Phi) is 16.8. The van der Waals surface area contributed by atoms with Crippen LogP contribution in [0.4, 0.5) is 15.8 Å². The number of allylic oxidation sites excluding steroid dienone is 1. The average molecular weight is 1040 g/mol. The Morgan fingerprint density at radius 2 is 1.54 bits per heavy atom. The van der Waals surface area contributed by atoms with Crippen molar-refractivity contribution in [2.24, 2.45) is 22.9 Å². The van der Waals surface area contributed by atoms with Crippen molar-refractivity contribution in [1.82, 2.24) is 4.90 Å². The first kappa shape index (κ1) is 52.9. The highest BCUT2D eigenvalue weighted by Gasteiger charge is 2.65. The molecule has 9 rings (SSSR count). The number of rotatable bonds is 24. The van der Waals surface area contributed by atoms with Crippen molar-refractivity contribution in [3.8, 4) is 23.0 Å². The Hall–Kier alpha value is -7.93. The number of hydrogen-bond donors (Lipinski definition) is 2. The molecule has 0 bridgehead atoms. The molecule has 1 fully saturated rings. The van der Waals surface area contributed by atoms with Gasteiger partial charge in [-0.25, -0.2) is 4.39 Å². The van der Waals surface area contributed by atoms with Gasteiger partial charge in [0.2, 0.25) is 18.5 Å². The molecule has 0 aromatic heterocycles. The molecule has 76 heavy (non-hydrogen) atoms. The molecular formula is C58H59FN4O13. The summed E-state index contributed by atoms with van der Waals surface area (Å²) in [6.45, 7) is 3.98. The molecule has 5 aromatic rings. The minimum absolute atomic E-state index is 0.0000606. The van der Waals surface area contributed by atoms with Gasteiger partial charge in [-0.3, -0.25) is 25.0 Å². The second-order valence-electron chi connectivity index (χ2n) is 19.2. The van der Waals surface area contributed by atoms with E-state index in [1.165, 1.54) is 36.4 Å². The van der Waals surface area contributed by atoms with E-state index in [-0.39, 0.29) is 76.0 Å². The van der Waals surface area contributed by atoms with E-state index in [1.54, 1.807) is 71.6 Å². The number of aliphatic hydroxyl groups excluding tert-OH is 2. The molecule has 2 N–H and O–H groups in total. The van der Waals surface area contributed by atoms with E-state index in [9.17, 15) is 34.8 Å². The molecular weight excluding hydrogens is 980 g/mol. The zero-order valence-electron chi connectivity index (χ0n) is 41.7. The van der Waals surface area contributed by atoms with Crippen LogP contribution < -0.4 is 18.9 Å². The molecule has 1 amide bonds. The number of nitro groups is 2. The van der Waals surface area contributed by atoms with Crippen LogP contribution in [0.25, 0.3) is 6.08 Å². The Bertz CT molecular complexity index is 3000. The van der Waals surface area contributed by atoms with Crippen LogP contribution in [0.15, 0.2) is 145 Å². The number of unbranched alkanes of at least 4 members (excludes halogenated alkanes) is 2. The van der Waals surface area contributed by atoms with Gasteiger partial charge < -0.3 is 43.6 Å². The Balaban J connectivity index is 1.23. The fourth-order valence-electron chi connectivity index (χ4n) is 11.0. The molecule has 2 heterocycles. The van der Waals surface area contributed by atoms with E-state index in [4.69, 9.17) is 33.7 Å². The number of carbonyl (C=O) groups excluding carboxylic acids is 1. The summed E-state index contributed by atoms with van der Waals surface area (Å²) < 4.78 is 47.4. The number of ether oxygens (including phenoxy) is 5. The summed E-state index contributed by atoms with van der Waals surface area (Å²) in [7, 11) is 0. The molecule has 2 aliphatic carbocycles. The predicted molar refractivity (Wildman–Crippen MR) is 279 cm³/mol. The molecule has 18 heteroatoms. The standard InChI is InChI=1S/C58H59FN4O13/c1-2-29-74-58-54(61(34-40-17-24-52-53(30-40)73-37-72-52)55(66)26-18-38-13-19-43(20-14-38)62(67)68)33-50(60-75-35-39-15-21-44(22-16-39)63(69)70)47-31-41(9-5-7-27-64)46(11-6-8-28-65)56(57(47)58)48-32-45(23-25-51(48)76-58)71-36-42-10-3-4-12-49(42)59/h2-4,10,12-26,30-32,41,46,54,56-57,64-65H,1,5-9,11,27-29,33-37H2/t41-,46+,54-,56+,57+,58+/m0/s1. The number of aliphatic hydroxyl groups is 2. The zero-order valence-corrected chi connectivity index (χ0v) is 41.7. The third-order valence-corrected chi connectivity index (χ3v) is 14.5. The Labute approximate surface area is 438 Å². The highest BCUT2D eigenvalue weighted by molar-refractivity contribution is 6.03. The van der Waals surface area contributed by atoms with Gasteiger partial charge in [0.25, 0.3) is 11.4 Å². The number of benzene rings is 5. The zero-order chi connectivity index (χ0) is 53.2. The van der Waals surface area contributed by atoms with Crippen LogP contribution in [-0.2, 0) is 34.1 Å². The summed E-state index contributed by atoms with van der Waals surface area (Å²) in [6.07, 6.45) is 10.7. The molecule has 4 aliphatic rings. The molecule has 6 atom stereocenters.